The fourth-order valence-corrected chi connectivity index (χ4v) is 3.84. The fourth-order valence-electron chi connectivity index (χ4n) is 2.52. The third-order valence-corrected chi connectivity index (χ3v) is 4.88. The van der Waals surface area contributed by atoms with Crippen molar-refractivity contribution in [2.75, 3.05) is 11.5 Å². The minimum atomic E-state index is -0.686. The first-order valence-corrected chi connectivity index (χ1v) is 7.51. The van der Waals surface area contributed by atoms with Crippen LogP contribution in [0.5, 0.6) is 0 Å². The molecule has 1 atom stereocenters. The Kier molecular flexibility index (Phi) is 3.14. The summed E-state index contributed by atoms with van der Waals surface area (Å²) >= 11 is 1.69. The highest BCUT2D eigenvalue weighted by Gasteiger charge is 2.52. The maximum atomic E-state index is 12.4. The molecule has 2 aliphatic heterocycles. The van der Waals surface area contributed by atoms with Gasteiger partial charge >= 0.3 is 6.03 Å². The summed E-state index contributed by atoms with van der Waals surface area (Å²) in [4.78, 5) is 25.7. The number of hydrogen-bond acceptors (Lipinski definition) is 4. The molecule has 0 saturated carbocycles. The molecule has 102 valence electrons. The van der Waals surface area contributed by atoms with Gasteiger partial charge in [-0.1, -0.05) is 12.1 Å². The topological polar surface area (TPSA) is 73.2 Å². The number of urea groups is 1. The van der Waals surface area contributed by atoms with E-state index in [1.54, 1.807) is 36.0 Å². The van der Waals surface area contributed by atoms with Gasteiger partial charge in [0.25, 0.3) is 5.91 Å². The van der Waals surface area contributed by atoms with Gasteiger partial charge in [-0.15, -0.1) is 0 Å². The molecule has 1 aromatic carbocycles. The van der Waals surface area contributed by atoms with E-state index in [1.807, 2.05) is 6.07 Å². The van der Waals surface area contributed by atoms with Crippen molar-refractivity contribution in [3.63, 3.8) is 0 Å². The lowest BCUT2D eigenvalue weighted by Crippen LogP contribution is -2.46. The van der Waals surface area contributed by atoms with Crippen molar-refractivity contribution < 1.29 is 9.59 Å². The van der Waals surface area contributed by atoms with Crippen LogP contribution in [0.1, 0.15) is 17.5 Å². The van der Waals surface area contributed by atoms with Crippen LogP contribution in [0.4, 0.5) is 4.79 Å². The van der Waals surface area contributed by atoms with Crippen molar-refractivity contribution in [1.29, 1.82) is 5.26 Å². The van der Waals surface area contributed by atoms with Crippen LogP contribution >= 0.6 is 11.8 Å². The van der Waals surface area contributed by atoms with Gasteiger partial charge < -0.3 is 5.32 Å². The predicted octanol–water partition coefficient (Wildman–Crippen LogP) is 1.49. The summed E-state index contributed by atoms with van der Waals surface area (Å²) in [7, 11) is 0. The van der Waals surface area contributed by atoms with E-state index in [-0.39, 0.29) is 18.5 Å². The quantitative estimate of drug-likeness (QED) is 0.836. The van der Waals surface area contributed by atoms with Crippen LogP contribution in [0.2, 0.25) is 0 Å². The number of carbonyl (C=O) groups is 2. The maximum Gasteiger partial charge on any atom is 0.325 e. The first kappa shape index (κ1) is 13.0. The summed E-state index contributed by atoms with van der Waals surface area (Å²) in [6, 6.07) is 8.65. The molecule has 0 bridgehead atoms. The minimum absolute atomic E-state index is 0.128. The summed E-state index contributed by atoms with van der Waals surface area (Å²) in [6.07, 6.45) is 0.701. The molecule has 3 rings (SSSR count). The Hall–Kier alpha value is -2.00. The number of hydrogen-bond donors (Lipinski definition) is 1. The molecular formula is C14H13N3O2S. The Balaban J connectivity index is 1.78. The molecule has 2 saturated heterocycles. The Morgan fingerprint density at radius 1 is 1.35 bits per heavy atom. The standard InChI is InChI=1S/C14H13N3O2S/c15-7-10-1-3-11(4-2-10)8-17-12(18)14(16-13(17)19)5-6-20-9-14/h1-4H,5-6,8-9H2,(H,16,19)/t14-/m1/s1. The summed E-state index contributed by atoms with van der Waals surface area (Å²) in [6.45, 7) is 0.253. The number of carbonyl (C=O) groups excluding carboxylic acids is 2. The van der Waals surface area contributed by atoms with Crippen molar-refractivity contribution in [3.8, 4) is 6.07 Å². The molecule has 1 N–H and O–H groups in total. The van der Waals surface area contributed by atoms with Gasteiger partial charge in [-0.05, 0) is 29.9 Å². The summed E-state index contributed by atoms with van der Waals surface area (Å²) in [5.41, 5.74) is 0.721. The number of nitrogens with zero attached hydrogens (tertiary/aromatic N) is 2. The second kappa shape index (κ2) is 4.84. The average molecular weight is 287 g/mol. The van der Waals surface area contributed by atoms with Crippen molar-refractivity contribution in [3.05, 3.63) is 35.4 Å². The molecule has 0 radical (unpaired) electrons. The smallest absolute Gasteiger partial charge is 0.322 e. The number of nitrogens with one attached hydrogen (secondary N) is 1. The van der Waals surface area contributed by atoms with E-state index < -0.39 is 5.54 Å². The average Bonchev–Trinajstić information content (AvgIpc) is 3.01. The maximum absolute atomic E-state index is 12.4. The van der Waals surface area contributed by atoms with E-state index in [0.29, 0.717) is 17.7 Å². The number of rotatable bonds is 2. The van der Waals surface area contributed by atoms with Gasteiger partial charge in [0.1, 0.15) is 5.54 Å². The van der Waals surface area contributed by atoms with Crippen LogP contribution in [0.15, 0.2) is 24.3 Å². The molecule has 5 nitrogen and oxygen atoms in total. The van der Waals surface area contributed by atoms with E-state index >= 15 is 0 Å². The lowest BCUT2D eigenvalue weighted by Gasteiger charge is -2.19. The molecule has 0 unspecified atom stereocenters. The van der Waals surface area contributed by atoms with Crippen LogP contribution in [0.3, 0.4) is 0 Å². The monoisotopic (exact) mass is 287 g/mol. The molecule has 0 aromatic heterocycles. The van der Waals surface area contributed by atoms with Gasteiger partial charge in [-0.25, -0.2) is 4.79 Å². The zero-order valence-electron chi connectivity index (χ0n) is 10.8. The van der Waals surface area contributed by atoms with Crippen LogP contribution < -0.4 is 5.32 Å². The number of nitriles is 1. The summed E-state index contributed by atoms with van der Waals surface area (Å²) in [5, 5.41) is 11.6. The van der Waals surface area contributed by atoms with Crippen molar-refractivity contribution in [1.82, 2.24) is 10.2 Å². The first-order chi connectivity index (χ1) is 9.64. The van der Waals surface area contributed by atoms with Gasteiger partial charge in [-0.2, -0.15) is 17.0 Å². The van der Waals surface area contributed by atoms with E-state index in [0.717, 1.165) is 11.3 Å². The van der Waals surface area contributed by atoms with Crippen molar-refractivity contribution in [2.24, 2.45) is 0 Å². The molecule has 0 aliphatic carbocycles. The Morgan fingerprint density at radius 2 is 2.10 bits per heavy atom. The highest BCUT2D eigenvalue weighted by molar-refractivity contribution is 7.99. The number of benzene rings is 1. The summed E-state index contributed by atoms with van der Waals surface area (Å²) in [5.74, 6) is 1.43. The zero-order chi connectivity index (χ0) is 14.2. The normalized spacial score (nSPS) is 25.1. The number of amides is 3. The van der Waals surface area contributed by atoms with Crippen molar-refractivity contribution >= 4 is 23.7 Å². The Morgan fingerprint density at radius 3 is 2.70 bits per heavy atom. The van der Waals surface area contributed by atoms with Gasteiger partial charge in [0.15, 0.2) is 0 Å². The van der Waals surface area contributed by atoms with Gasteiger partial charge in [0.05, 0.1) is 18.2 Å². The highest BCUT2D eigenvalue weighted by Crippen LogP contribution is 2.33. The molecule has 6 heteroatoms. The Bertz CT molecular complexity index is 600. The SMILES string of the molecule is N#Cc1ccc(CN2C(=O)N[C@@]3(CCSC3)C2=O)cc1. The predicted molar refractivity (Wildman–Crippen MR) is 74.9 cm³/mol. The van der Waals surface area contributed by atoms with Crippen LogP contribution in [-0.4, -0.2) is 33.9 Å². The third-order valence-electron chi connectivity index (χ3n) is 3.69. The van der Waals surface area contributed by atoms with Gasteiger partial charge in [-0.3, -0.25) is 9.69 Å². The molecular weight excluding hydrogens is 274 g/mol. The molecule has 2 fully saturated rings. The molecule has 3 amide bonds. The molecule has 1 aromatic rings. The third kappa shape index (κ3) is 2.04. The zero-order valence-corrected chi connectivity index (χ0v) is 11.6. The molecule has 20 heavy (non-hydrogen) atoms. The van der Waals surface area contributed by atoms with Gasteiger partial charge in [0, 0.05) is 5.75 Å². The van der Waals surface area contributed by atoms with Crippen LogP contribution in [0.25, 0.3) is 0 Å². The van der Waals surface area contributed by atoms with E-state index in [4.69, 9.17) is 5.26 Å². The van der Waals surface area contributed by atoms with Crippen molar-refractivity contribution in [2.45, 2.75) is 18.5 Å². The largest absolute Gasteiger partial charge is 0.325 e. The first-order valence-electron chi connectivity index (χ1n) is 6.35. The molecule has 2 aliphatic rings. The minimum Gasteiger partial charge on any atom is -0.322 e. The number of thioether (sulfide) groups is 1. The Labute approximate surface area is 120 Å². The lowest BCUT2D eigenvalue weighted by molar-refractivity contribution is -0.130. The van der Waals surface area contributed by atoms with E-state index in [9.17, 15) is 9.59 Å². The van der Waals surface area contributed by atoms with E-state index in [2.05, 4.69) is 5.32 Å². The fraction of sp³-hybridized carbons (Fsp3) is 0.357. The number of imide groups is 1. The summed E-state index contributed by atoms with van der Waals surface area (Å²) < 4.78 is 0. The van der Waals surface area contributed by atoms with Crippen LogP contribution in [-0.2, 0) is 11.3 Å². The van der Waals surface area contributed by atoms with Gasteiger partial charge in [0.2, 0.25) is 0 Å². The second-order valence-electron chi connectivity index (χ2n) is 5.01. The highest BCUT2D eigenvalue weighted by atomic mass is 32.2. The van der Waals surface area contributed by atoms with E-state index in [1.165, 1.54) is 4.90 Å². The molecule has 1 spiro atoms. The lowest BCUT2D eigenvalue weighted by atomic mass is 9.99. The second-order valence-corrected chi connectivity index (χ2v) is 6.12. The van der Waals surface area contributed by atoms with Crippen LogP contribution in [0, 0.1) is 11.3 Å². The molecule has 2 heterocycles.